The number of aromatic amines is 1. The first-order chi connectivity index (χ1) is 13.6. The van der Waals surface area contributed by atoms with Gasteiger partial charge >= 0.3 is 0 Å². The molecule has 0 bridgehead atoms. The molecule has 0 aliphatic carbocycles. The van der Waals surface area contributed by atoms with Crippen molar-refractivity contribution in [3.05, 3.63) is 65.4 Å². The highest BCUT2D eigenvalue weighted by Gasteiger charge is 2.21. The van der Waals surface area contributed by atoms with Gasteiger partial charge in [0, 0.05) is 43.6 Å². The number of hydrogen-bond donors (Lipinski definition) is 1. The highest BCUT2D eigenvalue weighted by Crippen LogP contribution is 2.19. The number of fused-ring (bicyclic) bond motifs is 1. The van der Waals surface area contributed by atoms with Crippen LogP contribution < -0.4 is 4.74 Å². The molecule has 1 aliphatic heterocycles. The smallest absolute Gasteiger partial charge is 0.270 e. The van der Waals surface area contributed by atoms with Crippen LogP contribution >= 0.6 is 0 Å². The fourth-order valence-corrected chi connectivity index (χ4v) is 3.86. The van der Waals surface area contributed by atoms with Crippen molar-refractivity contribution >= 4 is 16.8 Å². The van der Waals surface area contributed by atoms with Gasteiger partial charge in [-0.3, -0.25) is 9.69 Å². The Bertz CT molecular complexity index is 962. The van der Waals surface area contributed by atoms with Crippen LogP contribution in [0.4, 0.5) is 0 Å². The van der Waals surface area contributed by atoms with Crippen molar-refractivity contribution in [2.45, 2.75) is 19.9 Å². The molecule has 0 spiro atoms. The Kier molecular flexibility index (Phi) is 5.35. The van der Waals surface area contributed by atoms with Gasteiger partial charge in [-0.1, -0.05) is 23.8 Å². The predicted octanol–water partition coefficient (Wildman–Crippen LogP) is 3.83. The lowest BCUT2D eigenvalue weighted by molar-refractivity contribution is 0.0756. The maximum atomic E-state index is 13.0. The van der Waals surface area contributed by atoms with Gasteiger partial charge < -0.3 is 14.6 Å². The van der Waals surface area contributed by atoms with Gasteiger partial charge in [-0.15, -0.1) is 0 Å². The first-order valence-electron chi connectivity index (χ1n) is 9.86. The van der Waals surface area contributed by atoms with Crippen LogP contribution in [0.5, 0.6) is 5.75 Å². The number of aryl methyl sites for hydroxylation is 1. The first-order valence-corrected chi connectivity index (χ1v) is 9.86. The van der Waals surface area contributed by atoms with E-state index < -0.39 is 0 Å². The van der Waals surface area contributed by atoms with Crippen molar-refractivity contribution in [2.75, 3.05) is 33.3 Å². The van der Waals surface area contributed by atoms with Crippen LogP contribution in [0.3, 0.4) is 0 Å². The van der Waals surface area contributed by atoms with Crippen LogP contribution in [0.15, 0.2) is 48.5 Å². The minimum absolute atomic E-state index is 0.0974. The summed E-state index contributed by atoms with van der Waals surface area (Å²) in [4.78, 5) is 20.7. The molecular formula is C23H27N3O2. The van der Waals surface area contributed by atoms with E-state index in [9.17, 15) is 4.79 Å². The van der Waals surface area contributed by atoms with Crippen molar-refractivity contribution in [1.82, 2.24) is 14.8 Å². The average molecular weight is 377 g/mol. The second kappa shape index (κ2) is 8.07. The third-order valence-corrected chi connectivity index (χ3v) is 5.45. The number of methoxy groups -OCH3 is 1. The van der Waals surface area contributed by atoms with E-state index in [0.717, 1.165) is 55.8 Å². The molecule has 4 rings (SSSR count). The van der Waals surface area contributed by atoms with Crippen LogP contribution in [0.1, 0.15) is 28.0 Å². The van der Waals surface area contributed by atoms with E-state index in [-0.39, 0.29) is 5.91 Å². The summed E-state index contributed by atoms with van der Waals surface area (Å²) in [5.74, 6) is 0.977. The summed E-state index contributed by atoms with van der Waals surface area (Å²) < 4.78 is 5.23. The highest BCUT2D eigenvalue weighted by molar-refractivity contribution is 5.98. The summed E-state index contributed by atoms with van der Waals surface area (Å²) in [6.07, 6.45) is 0.987. The zero-order chi connectivity index (χ0) is 19.5. The van der Waals surface area contributed by atoms with Gasteiger partial charge in [0.05, 0.1) is 7.11 Å². The van der Waals surface area contributed by atoms with Crippen LogP contribution in [-0.4, -0.2) is 54.0 Å². The SMILES string of the molecule is COc1ccc(CN2CCCN(C(=O)c3cc4cc(C)ccc4[nH]3)CC2)cc1. The number of nitrogens with one attached hydrogen (secondary N) is 1. The number of carbonyl (C=O) groups excluding carboxylic acids is 1. The summed E-state index contributed by atoms with van der Waals surface area (Å²) in [6, 6.07) is 16.4. The van der Waals surface area contributed by atoms with E-state index in [1.54, 1.807) is 7.11 Å². The molecule has 1 amide bonds. The Morgan fingerprint density at radius 2 is 1.86 bits per heavy atom. The fraction of sp³-hybridized carbons (Fsp3) is 0.348. The largest absolute Gasteiger partial charge is 0.497 e. The number of nitrogens with zero attached hydrogens (tertiary/aromatic N) is 2. The number of carbonyl (C=O) groups is 1. The normalized spacial score (nSPS) is 15.6. The maximum absolute atomic E-state index is 13.0. The molecular weight excluding hydrogens is 350 g/mol. The summed E-state index contributed by atoms with van der Waals surface area (Å²) in [6.45, 7) is 6.41. The Balaban J connectivity index is 1.40. The standard InChI is InChI=1S/C23H27N3O2/c1-17-4-9-21-19(14-17)15-22(24-21)23(27)26-11-3-10-25(12-13-26)16-18-5-7-20(28-2)8-6-18/h4-9,14-15,24H,3,10-13,16H2,1-2H3. The minimum atomic E-state index is 0.0974. The van der Waals surface area contributed by atoms with Gasteiger partial charge in [0.1, 0.15) is 11.4 Å². The molecule has 0 radical (unpaired) electrons. The van der Waals surface area contributed by atoms with E-state index in [1.165, 1.54) is 11.1 Å². The monoisotopic (exact) mass is 377 g/mol. The number of H-pyrrole nitrogens is 1. The number of benzene rings is 2. The molecule has 1 aliphatic rings. The first kappa shape index (κ1) is 18.6. The zero-order valence-electron chi connectivity index (χ0n) is 16.6. The summed E-state index contributed by atoms with van der Waals surface area (Å²) in [5, 5.41) is 1.10. The highest BCUT2D eigenvalue weighted by atomic mass is 16.5. The van der Waals surface area contributed by atoms with Gasteiger partial charge in [0.15, 0.2) is 0 Å². The molecule has 2 aromatic carbocycles. The molecule has 0 atom stereocenters. The maximum Gasteiger partial charge on any atom is 0.270 e. The Morgan fingerprint density at radius 3 is 2.64 bits per heavy atom. The van der Waals surface area contributed by atoms with E-state index in [2.05, 4.69) is 41.1 Å². The molecule has 146 valence electrons. The Hall–Kier alpha value is -2.79. The molecule has 28 heavy (non-hydrogen) atoms. The molecule has 5 nitrogen and oxygen atoms in total. The average Bonchev–Trinajstić information content (AvgIpc) is 2.99. The van der Waals surface area contributed by atoms with Crippen molar-refractivity contribution in [1.29, 1.82) is 0 Å². The molecule has 0 saturated carbocycles. The van der Waals surface area contributed by atoms with Gasteiger partial charge in [-0.25, -0.2) is 0 Å². The lowest BCUT2D eigenvalue weighted by atomic mass is 10.2. The van der Waals surface area contributed by atoms with E-state index in [1.807, 2.05) is 29.2 Å². The topological polar surface area (TPSA) is 48.6 Å². The number of aromatic nitrogens is 1. The number of rotatable bonds is 4. The van der Waals surface area contributed by atoms with Gasteiger partial charge in [-0.2, -0.15) is 0 Å². The fourth-order valence-electron chi connectivity index (χ4n) is 3.86. The Morgan fingerprint density at radius 1 is 1.04 bits per heavy atom. The molecule has 0 unspecified atom stereocenters. The molecule has 5 heteroatoms. The van der Waals surface area contributed by atoms with Crippen molar-refractivity contribution < 1.29 is 9.53 Å². The van der Waals surface area contributed by atoms with Crippen molar-refractivity contribution in [2.24, 2.45) is 0 Å². The van der Waals surface area contributed by atoms with Gasteiger partial charge in [-0.05, 0) is 49.2 Å². The molecule has 1 saturated heterocycles. The zero-order valence-corrected chi connectivity index (χ0v) is 16.6. The third kappa shape index (κ3) is 4.04. The van der Waals surface area contributed by atoms with Gasteiger partial charge in [0.25, 0.3) is 5.91 Å². The van der Waals surface area contributed by atoms with E-state index in [4.69, 9.17) is 4.74 Å². The lowest BCUT2D eigenvalue weighted by Crippen LogP contribution is -2.35. The molecule has 1 aromatic heterocycles. The van der Waals surface area contributed by atoms with Crippen LogP contribution in [0.2, 0.25) is 0 Å². The number of ether oxygens (including phenoxy) is 1. The van der Waals surface area contributed by atoms with E-state index >= 15 is 0 Å². The van der Waals surface area contributed by atoms with Crippen LogP contribution in [0.25, 0.3) is 10.9 Å². The quantitative estimate of drug-likeness (QED) is 0.752. The molecule has 1 N–H and O–H groups in total. The second-order valence-electron chi connectivity index (χ2n) is 7.54. The van der Waals surface area contributed by atoms with Crippen molar-refractivity contribution in [3.8, 4) is 5.75 Å². The summed E-state index contributed by atoms with van der Waals surface area (Å²) in [5.41, 5.74) is 4.18. The summed E-state index contributed by atoms with van der Waals surface area (Å²) >= 11 is 0. The minimum Gasteiger partial charge on any atom is -0.497 e. The van der Waals surface area contributed by atoms with Crippen LogP contribution in [0, 0.1) is 6.92 Å². The number of amides is 1. The third-order valence-electron chi connectivity index (χ3n) is 5.45. The van der Waals surface area contributed by atoms with Gasteiger partial charge in [0.2, 0.25) is 0 Å². The van der Waals surface area contributed by atoms with Crippen molar-refractivity contribution in [3.63, 3.8) is 0 Å². The molecule has 1 fully saturated rings. The summed E-state index contributed by atoms with van der Waals surface area (Å²) in [7, 11) is 1.68. The molecule has 3 aromatic rings. The molecule has 2 heterocycles. The predicted molar refractivity (Wildman–Crippen MR) is 112 cm³/mol. The Labute approximate surface area is 165 Å². The lowest BCUT2D eigenvalue weighted by Gasteiger charge is -2.21. The van der Waals surface area contributed by atoms with Crippen LogP contribution in [-0.2, 0) is 6.54 Å². The van der Waals surface area contributed by atoms with E-state index in [0.29, 0.717) is 5.69 Å². The second-order valence-corrected chi connectivity index (χ2v) is 7.54. The number of hydrogen-bond acceptors (Lipinski definition) is 3.